The predicted octanol–water partition coefficient (Wildman–Crippen LogP) is 1.63. The smallest absolute Gasteiger partial charge is 0.158 e. The van der Waals surface area contributed by atoms with Gasteiger partial charge in [-0.2, -0.15) is 0 Å². The van der Waals surface area contributed by atoms with Crippen molar-refractivity contribution in [3.05, 3.63) is 11.9 Å². The van der Waals surface area contributed by atoms with Crippen LogP contribution in [0.25, 0.3) is 0 Å². The van der Waals surface area contributed by atoms with Crippen molar-refractivity contribution in [1.82, 2.24) is 9.97 Å². The fraction of sp³-hybridized carbons (Fsp3) is 0.714. The summed E-state index contributed by atoms with van der Waals surface area (Å²) in [5, 5.41) is 15.5. The highest BCUT2D eigenvalue weighted by molar-refractivity contribution is 5.47. The Morgan fingerprint density at radius 2 is 2.10 bits per heavy atom. The number of aliphatic hydroxyl groups is 1. The van der Waals surface area contributed by atoms with Crippen molar-refractivity contribution in [1.29, 1.82) is 0 Å². The fourth-order valence-electron chi connectivity index (χ4n) is 2.18. The van der Waals surface area contributed by atoms with Crippen molar-refractivity contribution >= 4 is 11.6 Å². The Morgan fingerprint density at radius 3 is 2.70 bits per heavy atom. The lowest BCUT2D eigenvalue weighted by Crippen LogP contribution is -2.18. The minimum atomic E-state index is 0.253. The van der Waals surface area contributed by atoms with Gasteiger partial charge in [-0.25, -0.2) is 9.97 Å². The summed E-state index contributed by atoms with van der Waals surface area (Å²) in [7, 11) is 1.84. The predicted molar refractivity (Wildman–Crippen MR) is 78.8 cm³/mol. The van der Waals surface area contributed by atoms with Crippen LogP contribution >= 0.6 is 0 Å². The van der Waals surface area contributed by atoms with Gasteiger partial charge in [-0.05, 0) is 31.6 Å². The third-order valence-electron chi connectivity index (χ3n) is 3.71. The van der Waals surface area contributed by atoms with Crippen molar-refractivity contribution in [2.75, 3.05) is 37.4 Å². The molecule has 2 rings (SSSR count). The van der Waals surface area contributed by atoms with Gasteiger partial charge in [0.05, 0.1) is 0 Å². The molecule has 112 valence electrons. The van der Waals surface area contributed by atoms with E-state index in [2.05, 4.69) is 20.6 Å². The van der Waals surface area contributed by atoms with E-state index in [1.165, 1.54) is 12.8 Å². The normalized spacial score (nSPS) is 15.9. The lowest BCUT2D eigenvalue weighted by atomic mass is 10.0. The number of anilines is 2. The second kappa shape index (κ2) is 6.85. The number of nitrogens with one attached hydrogen (secondary N) is 2. The van der Waals surface area contributed by atoms with Crippen LogP contribution in [0.4, 0.5) is 11.6 Å². The van der Waals surface area contributed by atoms with E-state index in [-0.39, 0.29) is 12.0 Å². The van der Waals surface area contributed by atoms with Crippen LogP contribution in [0, 0.1) is 5.41 Å². The Morgan fingerprint density at radius 1 is 1.35 bits per heavy atom. The molecule has 1 aromatic rings. The molecule has 0 spiro atoms. The van der Waals surface area contributed by atoms with Crippen LogP contribution in [-0.4, -0.2) is 41.9 Å². The Kier molecular flexibility index (Phi) is 5.14. The molecule has 1 aliphatic rings. The summed E-state index contributed by atoms with van der Waals surface area (Å²) in [6.07, 6.45) is 3.21. The van der Waals surface area contributed by atoms with Crippen molar-refractivity contribution < 1.29 is 9.84 Å². The largest absolute Gasteiger partial charge is 0.396 e. The van der Waals surface area contributed by atoms with E-state index in [9.17, 15) is 0 Å². The van der Waals surface area contributed by atoms with Crippen LogP contribution in [-0.2, 0) is 11.3 Å². The molecule has 0 aliphatic heterocycles. The zero-order valence-corrected chi connectivity index (χ0v) is 12.3. The van der Waals surface area contributed by atoms with Crippen molar-refractivity contribution in [2.24, 2.45) is 5.41 Å². The number of aromatic nitrogens is 2. The molecule has 0 aromatic carbocycles. The van der Waals surface area contributed by atoms with E-state index in [0.29, 0.717) is 19.0 Å². The zero-order valence-electron chi connectivity index (χ0n) is 12.3. The van der Waals surface area contributed by atoms with Crippen molar-refractivity contribution in [2.45, 2.75) is 32.8 Å². The SMILES string of the molecule is CCOCc1nc(NC)cc(NCC2(CCO)CC2)n1. The topological polar surface area (TPSA) is 79.3 Å². The average molecular weight is 280 g/mol. The van der Waals surface area contributed by atoms with Crippen LogP contribution < -0.4 is 10.6 Å². The molecule has 1 heterocycles. The molecule has 1 fully saturated rings. The van der Waals surface area contributed by atoms with E-state index in [4.69, 9.17) is 9.84 Å². The van der Waals surface area contributed by atoms with Crippen LogP contribution in [0.3, 0.4) is 0 Å². The molecular formula is C14H24N4O2. The van der Waals surface area contributed by atoms with E-state index in [1.807, 2.05) is 20.0 Å². The Hall–Kier alpha value is -1.40. The van der Waals surface area contributed by atoms with Gasteiger partial charge < -0.3 is 20.5 Å². The summed E-state index contributed by atoms with van der Waals surface area (Å²) < 4.78 is 5.36. The number of hydrogen-bond acceptors (Lipinski definition) is 6. The lowest BCUT2D eigenvalue weighted by molar-refractivity contribution is 0.128. The van der Waals surface area contributed by atoms with Crippen LogP contribution in [0.1, 0.15) is 32.0 Å². The standard InChI is InChI=1S/C14H24N4O2/c1-3-20-9-13-17-11(15-2)8-12(18-13)16-10-14(4-5-14)6-7-19/h8,19H,3-7,9-10H2,1-2H3,(H2,15,16,17,18). The number of nitrogens with zero attached hydrogens (tertiary/aromatic N) is 2. The zero-order chi connectivity index (χ0) is 14.4. The van der Waals surface area contributed by atoms with Gasteiger partial charge in [-0.15, -0.1) is 0 Å². The molecule has 0 atom stereocenters. The minimum Gasteiger partial charge on any atom is -0.396 e. The van der Waals surface area contributed by atoms with Crippen LogP contribution in [0.15, 0.2) is 6.07 Å². The molecule has 1 aromatic heterocycles. The molecule has 0 saturated heterocycles. The van der Waals surface area contributed by atoms with E-state index in [1.54, 1.807) is 0 Å². The van der Waals surface area contributed by atoms with Gasteiger partial charge in [0.2, 0.25) is 0 Å². The lowest BCUT2D eigenvalue weighted by Gasteiger charge is -2.16. The molecule has 6 nitrogen and oxygen atoms in total. The molecule has 0 unspecified atom stereocenters. The molecule has 0 amide bonds. The summed E-state index contributed by atoms with van der Waals surface area (Å²) in [5.74, 6) is 2.26. The summed E-state index contributed by atoms with van der Waals surface area (Å²) in [4.78, 5) is 8.82. The quantitative estimate of drug-likeness (QED) is 0.638. The third-order valence-corrected chi connectivity index (χ3v) is 3.71. The van der Waals surface area contributed by atoms with Crippen molar-refractivity contribution in [3.63, 3.8) is 0 Å². The maximum atomic E-state index is 9.08. The van der Waals surface area contributed by atoms with Crippen molar-refractivity contribution in [3.8, 4) is 0 Å². The second-order valence-electron chi connectivity index (χ2n) is 5.27. The van der Waals surface area contributed by atoms with Crippen LogP contribution in [0.5, 0.6) is 0 Å². The monoisotopic (exact) mass is 280 g/mol. The highest BCUT2D eigenvalue weighted by Crippen LogP contribution is 2.48. The molecule has 20 heavy (non-hydrogen) atoms. The van der Waals surface area contributed by atoms with E-state index < -0.39 is 0 Å². The first-order chi connectivity index (χ1) is 9.71. The number of aliphatic hydroxyl groups excluding tert-OH is 1. The average Bonchev–Trinajstić information content (AvgIpc) is 3.23. The highest BCUT2D eigenvalue weighted by Gasteiger charge is 2.41. The van der Waals surface area contributed by atoms with Gasteiger partial charge in [-0.1, -0.05) is 0 Å². The second-order valence-corrected chi connectivity index (χ2v) is 5.27. The molecule has 0 radical (unpaired) electrons. The molecular weight excluding hydrogens is 256 g/mol. The minimum absolute atomic E-state index is 0.253. The Bertz CT molecular complexity index is 435. The molecule has 1 saturated carbocycles. The maximum Gasteiger partial charge on any atom is 0.158 e. The van der Waals surface area contributed by atoms with Crippen LogP contribution in [0.2, 0.25) is 0 Å². The van der Waals surface area contributed by atoms with Gasteiger partial charge in [0.25, 0.3) is 0 Å². The van der Waals surface area contributed by atoms with Gasteiger partial charge in [0.15, 0.2) is 5.82 Å². The summed E-state index contributed by atoms with van der Waals surface area (Å²) in [6, 6.07) is 1.89. The number of ether oxygens (including phenoxy) is 1. The Balaban J connectivity index is 1.99. The first-order valence-corrected chi connectivity index (χ1v) is 7.19. The summed E-state index contributed by atoms with van der Waals surface area (Å²) >= 11 is 0. The molecule has 3 N–H and O–H groups in total. The molecule has 0 bridgehead atoms. The molecule has 6 heteroatoms. The maximum absolute atomic E-state index is 9.08. The third kappa shape index (κ3) is 4.05. The van der Waals surface area contributed by atoms with Gasteiger partial charge >= 0.3 is 0 Å². The Labute approximate surface area is 120 Å². The molecule has 1 aliphatic carbocycles. The fourth-order valence-corrected chi connectivity index (χ4v) is 2.18. The summed E-state index contributed by atoms with van der Waals surface area (Å²) in [6.45, 7) is 4.12. The highest BCUT2D eigenvalue weighted by atomic mass is 16.5. The van der Waals surface area contributed by atoms with E-state index >= 15 is 0 Å². The number of hydrogen-bond donors (Lipinski definition) is 3. The number of rotatable bonds is 9. The van der Waals surface area contributed by atoms with Gasteiger partial charge in [0, 0.05) is 32.9 Å². The van der Waals surface area contributed by atoms with E-state index in [0.717, 1.165) is 24.6 Å². The first kappa shape index (κ1) is 15.0. The summed E-state index contributed by atoms with van der Waals surface area (Å²) in [5.41, 5.74) is 0.263. The van der Waals surface area contributed by atoms with Gasteiger partial charge in [-0.3, -0.25) is 0 Å². The van der Waals surface area contributed by atoms with Gasteiger partial charge in [0.1, 0.15) is 18.2 Å². The first-order valence-electron chi connectivity index (χ1n) is 7.19.